The third-order valence-electron chi connectivity index (χ3n) is 2.91. The lowest BCUT2D eigenvalue weighted by Gasteiger charge is -2.22. The molecule has 0 unspecified atom stereocenters. The minimum Gasteiger partial charge on any atom is -0.407 e. The lowest BCUT2D eigenvalue weighted by molar-refractivity contribution is 0.139. The summed E-state index contributed by atoms with van der Waals surface area (Å²) < 4.78 is 11.4. The standard InChI is InChI=1S/C13H25BO2/c1-3-5-7-10-13(9-6-4-2)14-15-11-8-12-16-14/h10H,3-9,11-12H2,1-2H3/b13-10+. The Bertz CT molecular complexity index is 198. The maximum absolute atomic E-state index is 5.68. The van der Waals surface area contributed by atoms with Gasteiger partial charge in [-0.05, 0) is 24.7 Å². The first kappa shape index (κ1) is 13.8. The molecule has 1 rings (SSSR count). The van der Waals surface area contributed by atoms with Crippen LogP contribution in [0.4, 0.5) is 0 Å². The molecule has 0 amide bonds. The van der Waals surface area contributed by atoms with Gasteiger partial charge in [0.2, 0.25) is 0 Å². The Morgan fingerprint density at radius 2 is 1.81 bits per heavy atom. The van der Waals surface area contributed by atoms with E-state index in [2.05, 4.69) is 19.9 Å². The number of rotatable bonds is 7. The molecule has 1 aliphatic heterocycles. The van der Waals surface area contributed by atoms with Crippen molar-refractivity contribution in [2.24, 2.45) is 0 Å². The van der Waals surface area contributed by atoms with Gasteiger partial charge in [0.05, 0.1) is 0 Å². The average molecular weight is 224 g/mol. The van der Waals surface area contributed by atoms with Crippen molar-refractivity contribution in [2.75, 3.05) is 13.2 Å². The predicted octanol–water partition coefficient (Wildman–Crippen LogP) is 3.76. The van der Waals surface area contributed by atoms with Gasteiger partial charge in [-0.3, -0.25) is 0 Å². The van der Waals surface area contributed by atoms with E-state index in [1.165, 1.54) is 37.6 Å². The van der Waals surface area contributed by atoms with Crippen molar-refractivity contribution in [1.29, 1.82) is 0 Å². The van der Waals surface area contributed by atoms with E-state index in [0.717, 1.165) is 26.1 Å². The van der Waals surface area contributed by atoms with Crippen molar-refractivity contribution >= 4 is 7.12 Å². The van der Waals surface area contributed by atoms with E-state index < -0.39 is 0 Å². The summed E-state index contributed by atoms with van der Waals surface area (Å²) >= 11 is 0. The van der Waals surface area contributed by atoms with Crippen LogP contribution in [0.1, 0.15) is 58.8 Å². The van der Waals surface area contributed by atoms with Crippen LogP contribution in [0.25, 0.3) is 0 Å². The Kier molecular flexibility index (Phi) is 7.61. The van der Waals surface area contributed by atoms with Crippen LogP contribution in [0.15, 0.2) is 11.5 Å². The molecule has 0 aromatic rings. The molecule has 16 heavy (non-hydrogen) atoms. The molecule has 0 aromatic carbocycles. The highest BCUT2D eigenvalue weighted by Gasteiger charge is 2.25. The summed E-state index contributed by atoms with van der Waals surface area (Å²) in [5, 5.41) is 0. The normalized spacial score (nSPS) is 17.9. The van der Waals surface area contributed by atoms with Crippen LogP contribution in [0, 0.1) is 0 Å². The number of hydrogen-bond donors (Lipinski definition) is 0. The van der Waals surface area contributed by atoms with Crippen LogP contribution in [-0.2, 0) is 9.31 Å². The first-order valence-corrected chi connectivity index (χ1v) is 6.80. The molecule has 0 aromatic heterocycles. The van der Waals surface area contributed by atoms with Crippen molar-refractivity contribution in [1.82, 2.24) is 0 Å². The van der Waals surface area contributed by atoms with Gasteiger partial charge in [0, 0.05) is 13.2 Å². The van der Waals surface area contributed by atoms with Gasteiger partial charge < -0.3 is 9.31 Å². The van der Waals surface area contributed by atoms with Crippen molar-refractivity contribution in [3.05, 3.63) is 11.5 Å². The van der Waals surface area contributed by atoms with Gasteiger partial charge in [-0.15, -0.1) is 0 Å². The Labute approximate surface area is 101 Å². The Morgan fingerprint density at radius 3 is 2.44 bits per heavy atom. The highest BCUT2D eigenvalue weighted by Crippen LogP contribution is 2.17. The van der Waals surface area contributed by atoms with Gasteiger partial charge in [-0.2, -0.15) is 0 Å². The summed E-state index contributed by atoms with van der Waals surface area (Å²) in [6, 6.07) is 0. The zero-order valence-corrected chi connectivity index (χ0v) is 10.8. The van der Waals surface area contributed by atoms with Crippen LogP contribution in [0.2, 0.25) is 0 Å². The van der Waals surface area contributed by atoms with E-state index in [9.17, 15) is 0 Å². The molecule has 0 spiro atoms. The molecule has 0 saturated carbocycles. The largest absolute Gasteiger partial charge is 0.489 e. The molecule has 0 radical (unpaired) electrons. The van der Waals surface area contributed by atoms with Gasteiger partial charge in [0.15, 0.2) is 0 Å². The fraction of sp³-hybridized carbons (Fsp3) is 0.846. The van der Waals surface area contributed by atoms with E-state index >= 15 is 0 Å². The SMILES string of the molecule is CCCC/C=C(\CCCC)B1OCCCO1. The lowest BCUT2D eigenvalue weighted by Crippen LogP contribution is -2.32. The van der Waals surface area contributed by atoms with Crippen LogP contribution in [-0.4, -0.2) is 20.3 Å². The second-order valence-corrected chi connectivity index (χ2v) is 4.45. The topological polar surface area (TPSA) is 18.5 Å². The molecule has 0 bridgehead atoms. The zero-order valence-electron chi connectivity index (χ0n) is 10.8. The van der Waals surface area contributed by atoms with Crippen LogP contribution < -0.4 is 0 Å². The molecule has 0 aliphatic carbocycles. The predicted molar refractivity (Wildman–Crippen MR) is 69.4 cm³/mol. The second kappa shape index (κ2) is 8.83. The monoisotopic (exact) mass is 224 g/mol. The molecule has 0 atom stereocenters. The van der Waals surface area contributed by atoms with E-state index in [1.807, 2.05) is 0 Å². The highest BCUT2D eigenvalue weighted by atomic mass is 16.6. The first-order valence-electron chi connectivity index (χ1n) is 6.80. The van der Waals surface area contributed by atoms with Crippen LogP contribution in [0.5, 0.6) is 0 Å². The Hall–Kier alpha value is -0.275. The minimum absolute atomic E-state index is 0.0443. The molecular weight excluding hydrogens is 199 g/mol. The first-order chi connectivity index (χ1) is 7.88. The molecule has 1 aliphatic rings. The number of unbranched alkanes of at least 4 members (excludes halogenated alkanes) is 3. The number of hydrogen-bond acceptors (Lipinski definition) is 2. The molecule has 1 fully saturated rings. The third-order valence-corrected chi connectivity index (χ3v) is 2.91. The maximum Gasteiger partial charge on any atom is 0.489 e. The van der Waals surface area contributed by atoms with E-state index in [1.54, 1.807) is 0 Å². The smallest absolute Gasteiger partial charge is 0.407 e. The van der Waals surface area contributed by atoms with E-state index in [0.29, 0.717) is 0 Å². The number of allylic oxidation sites excluding steroid dienone is 2. The van der Waals surface area contributed by atoms with Gasteiger partial charge >= 0.3 is 7.12 Å². The fourth-order valence-electron chi connectivity index (χ4n) is 1.89. The zero-order chi connectivity index (χ0) is 11.6. The molecule has 1 heterocycles. The third kappa shape index (κ3) is 5.17. The summed E-state index contributed by atoms with van der Waals surface area (Å²) in [6.07, 6.45) is 10.7. The fourth-order valence-corrected chi connectivity index (χ4v) is 1.89. The van der Waals surface area contributed by atoms with Gasteiger partial charge in [-0.1, -0.05) is 45.6 Å². The summed E-state index contributed by atoms with van der Waals surface area (Å²) in [7, 11) is -0.0443. The molecule has 2 nitrogen and oxygen atoms in total. The van der Waals surface area contributed by atoms with E-state index in [-0.39, 0.29) is 7.12 Å². The van der Waals surface area contributed by atoms with Crippen LogP contribution in [0.3, 0.4) is 0 Å². The lowest BCUT2D eigenvalue weighted by atomic mass is 9.73. The van der Waals surface area contributed by atoms with Crippen molar-refractivity contribution < 1.29 is 9.31 Å². The van der Waals surface area contributed by atoms with Crippen molar-refractivity contribution in [3.63, 3.8) is 0 Å². The van der Waals surface area contributed by atoms with E-state index in [4.69, 9.17) is 9.31 Å². The molecule has 1 saturated heterocycles. The molecule has 92 valence electrons. The quantitative estimate of drug-likeness (QED) is 0.484. The minimum atomic E-state index is -0.0443. The van der Waals surface area contributed by atoms with Crippen molar-refractivity contribution in [3.8, 4) is 0 Å². The molecule has 0 N–H and O–H groups in total. The van der Waals surface area contributed by atoms with Gasteiger partial charge in [0.1, 0.15) is 0 Å². The molecular formula is C13H25BO2. The van der Waals surface area contributed by atoms with Gasteiger partial charge in [0.25, 0.3) is 0 Å². The van der Waals surface area contributed by atoms with Gasteiger partial charge in [-0.25, -0.2) is 0 Å². The Balaban J connectivity index is 2.43. The summed E-state index contributed by atoms with van der Waals surface area (Å²) in [4.78, 5) is 0. The Morgan fingerprint density at radius 1 is 1.12 bits per heavy atom. The second-order valence-electron chi connectivity index (χ2n) is 4.45. The molecule has 3 heteroatoms. The van der Waals surface area contributed by atoms with Crippen LogP contribution >= 0.6 is 0 Å². The highest BCUT2D eigenvalue weighted by molar-refractivity contribution is 6.53. The summed E-state index contributed by atoms with van der Waals surface area (Å²) in [6.45, 7) is 6.16. The maximum atomic E-state index is 5.68. The summed E-state index contributed by atoms with van der Waals surface area (Å²) in [5.74, 6) is 0. The van der Waals surface area contributed by atoms with Crippen molar-refractivity contribution in [2.45, 2.75) is 58.8 Å². The summed E-state index contributed by atoms with van der Waals surface area (Å²) in [5.41, 5.74) is 1.37. The average Bonchev–Trinajstić information content (AvgIpc) is 2.35.